The highest BCUT2D eigenvalue weighted by Gasteiger charge is 2.29. The molecule has 1 amide bonds. The summed E-state index contributed by atoms with van der Waals surface area (Å²) < 4.78 is 6.75. The van der Waals surface area contributed by atoms with E-state index in [2.05, 4.69) is 31.9 Å². The van der Waals surface area contributed by atoms with Crippen LogP contribution in [-0.2, 0) is 9.53 Å². The number of hydrogen-bond donors (Lipinski definition) is 0. The second-order valence-electron chi connectivity index (χ2n) is 5.00. The van der Waals surface area contributed by atoms with Gasteiger partial charge < -0.3 is 9.64 Å². The summed E-state index contributed by atoms with van der Waals surface area (Å²) in [6.45, 7) is 3.28. The first-order valence-electron chi connectivity index (χ1n) is 6.93. The van der Waals surface area contributed by atoms with Crippen LogP contribution in [0.25, 0.3) is 0 Å². The number of carbonyl (C=O) groups excluding carboxylic acids is 2. The minimum Gasteiger partial charge on any atom is -0.466 e. The van der Waals surface area contributed by atoms with E-state index in [0.29, 0.717) is 25.3 Å². The Hall–Kier alpha value is -0.880. The first-order valence-corrected chi connectivity index (χ1v) is 8.52. The molecule has 0 saturated carbocycles. The molecule has 0 unspecified atom stereocenters. The van der Waals surface area contributed by atoms with Crippen LogP contribution in [0.15, 0.2) is 27.1 Å². The Balaban J connectivity index is 2.10. The van der Waals surface area contributed by atoms with E-state index in [-0.39, 0.29) is 17.8 Å². The van der Waals surface area contributed by atoms with E-state index in [4.69, 9.17) is 4.74 Å². The van der Waals surface area contributed by atoms with Crippen LogP contribution in [0.1, 0.15) is 30.1 Å². The summed E-state index contributed by atoms with van der Waals surface area (Å²) in [5, 5.41) is 0. The second-order valence-corrected chi connectivity index (χ2v) is 6.83. The zero-order valence-corrected chi connectivity index (χ0v) is 14.9. The second kappa shape index (κ2) is 7.40. The number of hydrogen-bond acceptors (Lipinski definition) is 3. The van der Waals surface area contributed by atoms with Crippen molar-refractivity contribution in [3.05, 3.63) is 32.7 Å². The largest absolute Gasteiger partial charge is 0.466 e. The van der Waals surface area contributed by atoms with Crippen molar-refractivity contribution in [2.75, 3.05) is 19.7 Å². The molecule has 1 fully saturated rings. The smallest absolute Gasteiger partial charge is 0.310 e. The fraction of sp³-hybridized carbons (Fsp3) is 0.467. The predicted octanol–water partition coefficient (Wildman–Crippen LogP) is 3.63. The first kappa shape index (κ1) is 16.5. The standard InChI is InChI=1S/C15H17Br2NO3/c1-2-21-15(20)10-4-3-5-18(9-10)14(19)11-6-12(16)8-13(17)7-11/h6-8,10H,2-5,9H2,1H3/t10-/m1/s1. The third-order valence-corrected chi connectivity index (χ3v) is 4.35. The van der Waals surface area contributed by atoms with Gasteiger partial charge in [0.25, 0.3) is 5.91 Å². The summed E-state index contributed by atoms with van der Waals surface area (Å²) >= 11 is 6.77. The average molecular weight is 419 g/mol. The van der Waals surface area contributed by atoms with Gasteiger partial charge in [0.15, 0.2) is 0 Å². The van der Waals surface area contributed by atoms with Crippen LogP contribution in [0.5, 0.6) is 0 Å². The summed E-state index contributed by atoms with van der Waals surface area (Å²) in [6.07, 6.45) is 1.61. The third-order valence-electron chi connectivity index (χ3n) is 3.44. The number of rotatable bonds is 3. The molecule has 1 aromatic carbocycles. The molecule has 0 radical (unpaired) electrons. The summed E-state index contributed by atoms with van der Waals surface area (Å²) in [5.41, 5.74) is 0.612. The number of esters is 1. The molecule has 21 heavy (non-hydrogen) atoms. The Morgan fingerprint density at radius 3 is 2.57 bits per heavy atom. The van der Waals surface area contributed by atoms with Gasteiger partial charge in [0.1, 0.15) is 0 Å². The zero-order chi connectivity index (χ0) is 15.4. The number of amides is 1. The lowest BCUT2D eigenvalue weighted by Crippen LogP contribution is -2.42. The topological polar surface area (TPSA) is 46.6 Å². The molecule has 1 saturated heterocycles. The van der Waals surface area contributed by atoms with Crippen LogP contribution in [0.3, 0.4) is 0 Å². The molecule has 1 aromatic rings. The van der Waals surface area contributed by atoms with Crippen molar-refractivity contribution < 1.29 is 14.3 Å². The number of ether oxygens (including phenoxy) is 1. The summed E-state index contributed by atoms with van der Waals surface area (Å²) in [6, 6.07) is 5.47. The maximum absolute atomic E-state index is 12.6. The molecule has 1 heterocycles. The third kappa shape index (κ3) is 4.30. The lowest BCUT2D eigenvalue weighted by molar-refractivity contribution is -0.149. The molecule has 0 N–H and O–H groups in total. The molecule has 4 nitrogen and oxygen atoms in total. The number of carbonyl (C=O) groups is 2. The Kier molecular flexibility index (Phi) is 5.81. The summed E-state index contributed by atoms with van der Waals surface area (Å²) in [4.78, 5) is 26.1. The highest BCUT2D eigenvalue weighted by atomic mass is 79.9. The Bertz CT molecular complexity index is 527. The van der Waals surface area contributed by atoms with Gasteiger partial charge >= 0.3 is 5.97 Å². The quantitative estimate of drug-likeness (QED) is 0.704. The molecule has 1 aliphatic heterocycles. The molecule has 0 spiro atoms. The van der Waals surface area contributed by atoms with Gasteiger partial charge in [-0.2, -0.15) is 0 Å². The molecule has 0 aromatic heterocycles. The molecule has 6 heteroatoms. The van der Waals surface area contributed by atoms with E-state index in [1.165, 1.54) is 0 Å². The minimum atomic E-state index is -0.210. The van der Waals surface area contributed by atoms with Crippen molar-refractivity contribution in [1.82, 2.24) is 4.90 Å². The van der Waals surface area contributed by atoms with Crippen LogP contribution in [0.4, 0.5) is 0 Å². The fourth-order valence-electron chi connectivity index (χ4n) is 2.47. The molecule has 0 aliphatic carbocycles. The normalized spacial score (nSPS) is 18.4. The van der Waals surface area contributed by atoms with Crippen LogP contribution in [-0.4, -0.2) is 36.5 Å². The van der Waals surface area contributed by atoms with Gasteiger partial charge in [-0.15, -0.1) is 0 Å². The van der Waals surface area contributed by atoms with E-state index < -0.39 is 0 Å². The molecule has 0 bridgehead atoms. The Morgan fingerprint density at radius 2 is 1.95 bits per heavy atom. The SMILES string of the molecule is CCOC(=O)[C@@H]1CCCN(C(=O)c2cc(Br)cc(Br)c2)C1. The monoisotopic (exact) mass is 417 g/mol. The van der Waals surface area contributed by atoms with Gasteiger partial charge in [-0.3, -0.25) is 9.59 Å². The van der Waals surface area contributed by atoms with Gasteiger partial charge in [0.05, 0.1) is 12.5 Å². The molecular formula is C15H17Br2NO3. The number of likely N-dealkylation sites (tertiary alicyclic amines) is 1. The van der Waals surface area contributed by atoms with Crippen molar-refractivity contribution in [3.8, 4) is 0 Å². The minimum absolute atomic E-state index is 0.0500. The van der Waals surface area contributed by atoms with Gasteiger partial charge in [-0.1, -0.05) is 31.9 Å². The van der Waals surface area contributed by atoms with Crippen LogP contribution in [0, 0.1) is 5.92 Å². The van der Waals surface area contributed by atoms with E-state index in [1.807, 2.05) is 6.07 Å². The molecule has 1 atom stereocenters. The number of halogens is 2. The number of piperidine rings is 1. The van der Waals surface area contributed by atoms with Gasteiger partial charge in [0.2, 0.25) is 0 Å². The van der Waals surface area contributed by atoms with Crippen LogP contribution >= 0.6 is 31.9 Å². The fourth-order valence-corrected chi connectivity index (χ4v) is 3.77. The predicted molar refractivity (Wildman–Crippen MR) is 87.1 cm³/mol. The van der Waals surface area contributed by atoms with Gasteiger partial charge in [0, 0.05) is 27.6 Å². The van der Waals surface area contributed by atoms with E-state index in [1.54, 1.807) is 24.0 Å². The Morgan fingerprint density at radius 1 is 1.29 bits per heavy atom. The van der Waals surface area contributed by atoms with Gasteiger partial charge in [-0.25, -0.2) is 0 Å². The Labute approximate surface area is 141 Å². The maximum atomic E-state index is 12.6. The van der Waals surface area contributed by atoms with E-state index in [0.717, 1.165) is 21.8 Å². The molecule has 1 aliphatic rings. The van der Waals surface area contributed by atoms with Crippen molar-refractivity contribution >= 4 is 43.7 Å². The van der Waals surface area contributed by atoms with E-state index >= 15 is 0 Å². The number of benzene rings is 1. The van der Waals surface area contributed by atoms with Gasteiger partial charge in [-0.05, 0) is 38.0 Å². The van der Waals surface area contributed by atoms with E-state index in [9.17, 15) is 9.59 Å². The van der Waals surface area contributed by atoms with Crippen LogP contribution < -0.4 is 0 Å². The average Bonchev–Trinajstić information content (AvgIpc) is 2.46. The number of nitrogens with zero attached hydrogens (tertiary/aromatic N) is 1. The summed E-state index contributed by atoms with van der Waals surface area (Å²) in [5.74, 6) is -0.463. The van der Waals surface area contributed by atoms with Crippen molar-refractivity contribution in [3.63, 3.8) is 0 Å². The first-order chi connectivity index (χ1) is 10.0. The summed E-state index contributed by atoms with van der Waals surface area (Å²) in [7, 11) is 0. The van der Waals surface area contributed by atoms with Crippen molar-refractivity contribution in [2.24, 2.45) is 5.92 Å². The van der Waals surface area contributed by atoms with Crippen molar-refractivity contribution in [1.29, 1.82) is 0 Å². The van der Waals surface area contributed by atoms with Crippen molar-refractivity contribution in [2.45, 2.75) is 19.8 Å². The molecule has 114 valence electrons. The zero-order valence-electron chi connectivity index (χ0n) is 11.8. The highest BCUT2D eigenvalue weighted by molar-refractivity contribution is 9.11. The lowest BCUT2D eigenvalue weighted by Gasteiger charge is -2.31. The lowest BCUT2D eigenvalue weighted by atomic mass is 9.97. The molecule has 2 rings (SSSR count). The molecular weight excluding hydrogens is 402 g/mol. The van der Waals surface area contributed by atoms with Crippen LogP contribution in [0.2, 0.25) is 0 Å². The highest BCUT2D eigenvalue weighted by Crippen LogP contribution is 2.24. The maximum Gasteiger partial charge on any atom is 0.310 e.